The van der Waals surface area contributed by atoms with Crippen molar-refractivity contribution >= 4 is 21.7 Å². The van der Waals surface area contributed by atoms with Gasteiger partial charge in [0.05, 0.1) is 15.7 Å². The Labute approximate surface area is 111 Å². The van der Waals surface area contributed by atoms with E-state index in [-0.39, 0.29) is 15.7 Å². The lowest BCUT2D eigenvalue weighted by atomic mass is 10.1. The molecule has 2 rings (SSSR count). The maximum atomic E-state index is 13.8. The predicted molar refractivity (Wildman–Crippen MR) is 69.2 cm³/mol. The lowest BCUT2D eigenvalue weighted by molar-refractivity contribution is 0.584. The minimum absolute atomic E-state index is 0.160. The molecule has 0 aliphatic rings. The maximum absolute atomic E-state index is 13.8. The van der Waals surface area contributed by atoms with Gasteiger partial charge in [0.2, 0.25) is 0 Å². The Morgan fingerprint density at radius 2 is 1.94 bits per heavy atom. The normalized spacial score (nSPS) is 10.4. The molecule has 0 fully saturated rings. The third-order valence-electron chi connectivity index (χ3n) is 2.32. The first-order valence-electron chi connectivity index (χ1n) is 5.35. The van der Waals surface area contributed by atoms with Gasteiger partial charge in [0, 0.05) is 6.54 Å². The zero-order chi connectivity index (χ0) is 13.1. The van der Waals surface area contributed by atoms with Gasteiger partial charge in [-0.05, 0) is 47.1 Å². The van der Waals surface area contributed by atoms with Crippen LogP contribution in [0.15, 0.2) is 28.7 Å². The molecule has 1 aromatic carbocycles. The molecule has 0 atom stereocenters. The molecule has 0 radical (unpaired) electrons. The first kappa shape index (κ1) is 12.9. The van der Waals surface area contributed by atoms with Crippen LogP contribution >= 0.6 is 15.9 Å². The summed E-state index contributed by atoms with van der Waals surface area (Å²) in [5.41, 5.74) is -0.0205. The molecule has 0 saturated heterocycles. The summed E-state index contributed by atoms with van der Waals surface area (Å²) in [6.07, 6.45) is 0. The predicted octanol–water partition coefficient (Wildman–Crippen LogP) is 3.62. The van der Waals surface area contributed by atoms with Gasteiger partial charge in [-0.3, -0.25) is 0 Å². The van der Waals surface area contributed by atoms with E-state index in [1.165, 1.54) is 18.2 Å². The highest BCUT2D eigenvalue weighted by atomic mass is 79.9. The lowest BCUT2D eigenvalue weighted by Crippen LogP contribution is -2.01. The number of hydrogen-bond donors (Lipinski definition) is 1. The van der Waals surface area contributed by atoms with Crippen molar-refractivity contribution in [2.75, 3.05) is 11.9 Å². The van der Waals surface area contributed by atoms with Crippen LogP contribution in [0.5, 0.6) is 0 Å². The van der Waals surface area contributed by atoms with Crippen molar-refractivity contribution in [1.82, 2.24) is 10.2 Å². The molecule has 2 aromatic rings. The number of hydrogen-bond acceptors (Lipinski definition) is 3. The number of benzene rings is 1. The molecule has 0 spiro atoms. The van der Waals surface area contributed by atoms with Crippen LogP contribution in [0.25, 0.3) is 11.3 Å². The molecular weight excluding hydrogens is 304 g/mol. The first-order chi connectivity index (χ1) is 8.63. The van der Waals surface area contributed by atoms with Gasteiger partial charge < -0.3 is 5.32 Å². The van der Waals surface area contributed by atoms with Crippen LogP contribution in [0.2, 0.25) is 0 Å². The fraction of sp³-hybridized carbons (Fsp3) is 0.167. The van der Waals surface area contributed by atoms with Crippen molar-refractivity contribution in [3.05, 3.63) is 40.4 Å². The standard InChI is InChI=1S/C12H10BrF2N3/c1-2-16-10-6-5-9(17-18-10)11-8(14)4-3-7(13)12(11)15/h3-6H,2H2,1H3,(H,16,18). The number of nitrogens with one attached hydrogen (secondary N) is 1. The fourth-order valence-electron chi connectivity index (χ4n) is 1.50. The Bertz CT molecular complexity index is 558. The Balaban J connectivity index is 2.45. The SMILES string of the molecule is CCNc1ccc(-c2c(F)ccc(Br)c2F)nn1. The summed E-state index contributed by atoms with van der Waals surface area (Å²) in [6.45, 7) is 2.62. The topological polar surface area (TPSA) is 37.8 Å². The average Bonchev–Trinajstić information content (AvgIpc) is 2.37. The van der Waals surface area contributed by atoms with E-state index in [1.54, 1.807) is 6.07 Å². The fourth-order valence-corrected chi connectivity index (χ4v) is 1.83. The van der Waals surface area contributed by atoms with Crippen molar-refractivity contribution in [2.24, 2.45) is 0 Å². The van der Waals surface area contributed by atoms with Crippen molar-refractivity contribution in [3.63, 3.8) is 0 Å². The molecule has 18 heavy (non-hydrogen) atoms. The third-order valence-corrected chi connectivity index (χ3v) is 2.94. The average molecular weight is 314 g/mol. The van der Waals surface area contributed by atoms with Gasteiger partial charge >= 0.3 is 0 Å². The quantitative estimate of drug-likeness (QED) is 0.880. The van der Waals surface area contributed by atoms with Crippen LogP contribution < -0.4 is 5.32 Å². The van der Waals surface area contributed by atoms with Gasteiger partial charge in [0.1, 0.15) is 17.5 Å². The van der Waals surface area contributed by atoms with Gasteiger partial charge in [0.25, 0.3) is 0 Å². The van der Waals surface area contributed by atoms with Gasteiger partial charge in [-0.2, -0.15) is 0 Å². The molecule has 3 nitrogen and oxygen atoms in total. The van der Waals surface area contributed by atoms with Gasteiger partial charge in [0.15, 0.2) is 0 Å². The summed E-state index contributed by atoms with van der Waals surface area (Å²) in [7, 11) is 0. The molecule has 0 aliphatic heterocycles. The van der Waals surface area contributed by atoms with E-state index >= 15 is 0 Å². The van der Waals surface area contributed by atoms with Crippen LogP contribution in [0.4, 0.5) is 14.6 Å². The van der Waals surface area contributed by atoms with Crippen LogP contribution in [-0.4, -0.2) is 16.7 Å². The molecule has 1 N–H and O–H groups in total. The van der Waals surface area contributed by atoms with Crippen molar-refractivity contribution in [1.29, 1.82) is 0 Å². The monoisotopic (exact) mass is 313 g/mol. The van der Waals surface area contributed by atoms with Crippen molar-refractivity contribution < 1.29 is 8.78 Å². The van der Waals surface area contributed by atoms with Crippen LogP contribution in [0.1, 0.15) is 6.92 Å². The van der Waals surface area contributed by atoms with E-state index in [4.69, 9.17) is 0 Å². The van der Waals surface area contributed by atoms with E-state index in [0.717, 1.165) is 0 Å². The maximum Gasteiger partial charge on any atom is 0.149 e. The summed E-state index contributed by atoms with van der Waals surface area (Å²) in [4.78, 5) is 0. The molecule has 0 aliphatic carbocycles. The lowest BCUT2D eigenvalue weighted by Gasteiger charge is -2.06. The van der Waals surface area contributed by atoms with E-state index in [1.807, 2.05) is 6.92 Å². The van der Waals surface area contributed by atoms with Gasteiger partial charge in [-0.1, -0.05) is 0 Å². The van der Waals surface area contributed by atoms with Crippen LogP contribution in [-0.2, 0) is 0 Å². The molecule has 0 saturated carbocycles. The largest absolute Gasteiger partial charge is 0.369 e. The molecular formula is C12H10BrF2N3. The molecule has 0 unspecified atom stereocenters. The highest BCUT2D eigenvalue weighted by molar-refractivity contribution is 9.10. The summed E-state index contributed by atoms with van der Waals surface area (Å²) < 4.78 is 27.6. The number of halogens is 3. The number of nitrogens with zero attached hydrogens (tertiary/aromatic N) is 2. The summed E-state index contributed by atoms with van der Waals surface area (Å²) in [6, 6.07) is 5.65. The summed E-state index contributed by atoms with van der Waals surface area (Å²) in [5, 5.41) is 10.6. The second kappa shape index (κ2) is 5.39. The van der Waals surface area contributed by atoms with Crippen LogP contribution in [0.3, 0.4) is 0 Å². The van der Waals surface area contributed by atoms with Crippen molar-refractivity contribution in [3.8, 4) is 11.3 Å². The highest BCUT2D eigenvalue weighted by Crippen LogP contribution is 2.29. The highest BCUT2D eigenvalue weighted by Gasteiger charge is 2.15. The Morgan fingerprint density at radius 1 is 1.17 bits per heavy atom. The summed E-state index contributed by atoms with van der Waals surface area (Å²) >= 11 is 3.01. The minimum Gasteiger partial charge on any atom is -0.369 e. The Kier molecular flexibility index (Phi) is 3.86. The van der Waals surface area contributed by atoms with Gasteiger partial charge in [-0.25, -0.2) is 8.78 Å². The van der Waals surface area contributed by atoms with Crippen LogP contribution in [0, 0.1) is 11.6 Å². The zero-order valence-electron chi connectivity index (χ0n) is 9.54. The molecule has 94 valence electrons. The van der Waals surface area contributed by atoms with Gasteiger partial charge in [-0.15, -0.1) is 10.2 Å². The number of aromatic nitrogens is 2. The molecule has 0 bridgehead atoms. The smallest absolute Gasteiger partial charge is 0.149 e. The first-order valence-corrected chi connectivity index (χ1v) is 6.14. The second-order valence-electron chi connectivity index (χ2n) is 3.55. The molecule has 0 amide bonds. The van der Waals surface area contributed by atoms with E-state index in [9.17, 15) is 8.78 Å². The third kappa shape index (κ3) is 2.48. The molecule has 6 heteroatoms. The minimum atomic E-state index is -0.680. The second-order valence-corrected chi connectivity index (χ2v) is 4.41. The Morgan fingerprint density at radius 3 is 2.56 bits per heavy atom. The van der Waals surface area contributed by atoms with E-state index < -0.39 is 11.6 Å². The van der Waals surface area contributed by atoms with E-state index in [0.29, 0.717) is 12.4 Å². The number of rotatable bonds is 3. The molecule has 1 heterocycles. The zero-order valence-corrected chi connectivity index (χ0v) is 11.1. The molecule has 1 aromatic heterocycles. The van der Waals surface area contributed by atoms with Crippen molar-refractivity contribution in [2.45, 2.75) is 6.92 Å². The van der Waals surface area contributed by atoms with E-state index in [2.05, 4.69) is 31.4 Å². The summed E-state index contributed by atoms with van der Waals surface area (Å²) in [5.74, 6) is -0.779. The Hall–Kier alpha value is -1.56. The number of anilines is 1.